The van der Waals surface area contributed by atoms with Crippen molar-refractivity contribution in [2.45, 2.75) is 90.1 Å². The van der Waals surface area contributed by atoms with Crippen LogP contribution >= 0.6 is 11.8 Å². The van der Waals surface area contributed by atoms with Crippen LogP contribution < -0.4 is 14.8 Å². The number of hydrogen-bond donors (Lipinski definition) is 1. The van der Waals surface area contributed by atoms with Gasteiger partial charge in [-0.15, -0.1) is 24.9 Å². The number of anilines is 1. The van der Waals surface area contributed by atoms with Gasteiger partial charge in [-0.25, -0.2) is 4.79 Å². The molecule has 304 valence electrons. The molecule has 3 aromatic carbocycles. The first-order chi connectivity index (χ1) is 27.1. The Morgan fingerprint density at radius 2 is 1.77 bits per heavy atom. The van der Waals surface area contributed by atoms with Gasteiger partial charge < -0.3 is 14.8 Å². The molecule has 0 spiro atoms. The number of amides is 2. The summed E-state index contributed by atoms with van der Waals surface area (Å²) >= 11 is 1.17. The largest absolute Gasteiger partial charge is 0.573 e. The van der Waals surface area contributed by atoms with E-state index in [-0.39, 0.29) is 29.0 Å². The summed E-state index contributed by atoms with van der Waals surface area (Å²) in [7, 11) is 0. The molecule has 14 heteroatoms. The maximum absolute atomic E-state index is 13.3. The van der Waals surface area contributed by atoms with Crippen LogP contribution in [0.5, 0.6) is 11.5 Å². The van der Waals surface area contributed by atoms with Crippen LogP contribution in [0.15, 0.2) is 83.3 Å². The highest BCUT2D eigenvalue weighted by Crippen LogP contribution is 2.37. The lowest BCUT2D eigenvalue weighted by atomic mass is 9.89. The van der Waals surface area contributed by atoms with Gasteiger partial charge in [0.2, 0.25) is 0 Å². The van der Waals surface area contributed by atoms with Gasteiger partial charge in [0.25, 0.3) is 0 Å². The lowest BCUT2D eigenvalue weighted by Gasteiger charge is -2.19. The van der Waals surface area contributed by atoms with E-state index in [9.17, 15) is 35.9 Å². The fraction of sp³-hybridized carbons (Fsp3) is 0.395. The SMILES string of the molecule is C=C(C)c1cc(/C2=C\CCCC(CCc3ccc(OC(F)(F)F)cc3)C=N2)ccc1NC(=O)/N=C1/CCC(c2cc(CC)ccc2OCCC(F)(F)F)C(=O)CS1. The first-order valence-electron chi connectivity index (χ1n) is 18.8. The zero-order valence-electron chi connectivity index (χ0n) is 31.8. The highest BCUT2D eigenvalue weighted by molar-refractivity contribution is 8.14. The van der Waals surface area contributed by atoms with E-state index in [1.165, 1.54) is 23.9 Å². The predicted molar refractivity (Wildman–Crippen MR) is 214 cm³/mol. The number of carbonyl (C=O) groups is 2. The molecule has 0 aliphatic carbocycles. The minimum atomic E-state index is -4.73. The lowest BCUT2D eigenvalue weighted by molar-refractivity contribution is -0.274. The number of Topliss-reactive ketones (excluding diaryl/α,β-unsaturated/α-hetero) is 1. The molecule has 2 unspecified atom stereocenters. The van der Waals surface area contributed by atoms with Crippen molar-refractivity contribution in [3.8, 4) is 11.5 Å². The maximum atomic E-state index is 13.3. The second-order valence-electron chi connectivity index (χ2n) is 14.1. The first-order valence-corrected chi connectivity index (χ1v) is 19.8. The number of aliphatic imine (C=N–C) groups is 2. The van der Waals surface area contributed by atoms with Gasteiger partial charge in [-0.05, 0) is 111 Å². The smallest absolute Gasteiger partial charge is 0.493 e. The molecule has 2 amide bonds. The maximum Gasteiger partial charge on any atom is 0.573 e. The summed E-state index contributed by atoms with van der Waals surface area (Å²) < 4.78 is 85.5. The van der Waals surface area contributed by atoms with Gasteiger partial charge >= 0.3 is 18.6 Å². The van der Waals surface area contributed by atoms with E-state index in [0.29, 0.717) is 53.1 Å². The van der Waals surface area contributed by atoms with Crippen LogP contribution in [-0.2, 0) is 17.6 Å². The number of halogens is 6. The number of ketones is 1. The van der Waals surface area contributed by atoms with Crippen molar-refractivity contribution in [3.05, 3.63) is 101 Å². The third-order valence-corrected chi connectivity index (χ3v) is 10.7. The fourth-order valence-electron chi connectivity index (χ4n) is 6.65. The van der Waals surface area contributed by atoms with Crippen molar-refractivity contribution < 1.29 is 45.4 Å². The Morgan fingerprint density at radius 1 is 1.02 bits per heavy atom. The molecule has 7 nitrogen and oxygen atoms in total. The zero-order valence-corrected chi connectivity index (χ0v) is 32.6. The quantitative estimate of drug-likeness (QED) is 0.184. The number of carbonyl (C=O) groups excluding carboxylic acids is 2. The number of urea groups is 1. The summed E-state index contributed by atoms with van der Waals surface area (Å²) in [6.45, 7) is 7.33. The number of benzene rings is 3. The second-order valence-corrected chi connectivity index (χ2v) is 15.1. The number of ether oxygens (including phenoxy) is 2. The van der Waals surface area contributed by atoms with Crippen molar-refractivity contribution in [1.29, 1.82) is 0 Å². The number of rotatable bonds is 12. The number of allylic oxidation sites excluding steroid dienone is 2. The third kappa shape index (κ3) is 13.4. The Hall–Kier alpha value is -4.85. The van der Waals surface area contributed by atoms with E-state index in [2.05, 4.69) is 27.7 Å². The van der Waals surface area contributed by atoms with Crippen LogP contribution in [0.1, 0.15) is 92.5 Å². The molecule has 1 fully saturated rings. The number of alkyl halides is 6. The van der Waals surface area contributed by atoms with E-state index in [1.807, 2.05) is 38.3 Å². The first kappa shape index (κ1) is 43.3. The molecule has 0 saturated carbocycles. The van der Waals surface area contributed by atoms with E-state index in [1.54, 1.807) is 30.3 Å². The number of nitrogens with one attached hydrogen (secondary N) is 1. The molecule has 0 aromatic heterocycles. The van der Waals surface area contributed by atoms with Crippen molar-refractivity contribution in [3.63, 3.8) is 0 Å². The molecule has 57 heavy (non-hydrogen) atoms. The minimum Gasteiger partial charge on any atom is -0.493 e. The summed E-state index contributed by atoms with van der Waals surface area (Å²) in [6.07, 6.45) is -0.782. The van der Waals surface area contributed by atoms with Gasteiger partial charge in [-0.3, -0.25) is 9.79 Å². The molecule has 1 saturated heterocycles. The summed E-state index contributed by atoms with van der Waals surface area (Å²) in [5, 5.41) is 3.33. The lowest BCUT2D eigenvalue weighted by Crippen LogP contribution is -2.17. The van der Waals surface area contributed by atoms with Crippen LogP contribution in [0.25, 0.3) is 11.3 Å². The molecule has 3 aromatic rings. The van der Waals surface area contributed by atoms with Crippen LogP contribution in [0, 0.1) is 5.92 Å². The minimum absolute atomic E-state index is 0.0468. The number of aryl methyl sites for hydroxylation is 2. The highest BCUT2D eigenvalue weighted by atomic mass is 32.2. The Kier molecular flexibility index (Phi) is 14.8. The monoisotopic (exact) mass is 813 g/mol. The number of thioether (sulfide) groups is 1. The van der Waals surface area contributed by atoms with E-state index in [0.717, 1.165) is 48.1 Å². The topological polar surface area (TPSA) is 89.3 Å². The Morgan fingerprint density at radius 3 is 2.47 bits per heavy atom. The number of hydrogen-bond acceptors (Lipinski definition) is 6. The summed E-state index contributed by atoms with van der Waals surface area (Å²) in [5.41, 5.74) is 5.91. The molecule has 5 rings (SSSR count). The van der Waals surface area contributed by atoms with E-state index in [4.69, 9.17) is 9.73 Å². The molecular formula is C43H45F6N3O4S. The van der Waals surface area contributed by atoms with Crippen LogP contribution in [-0.4, -0.2) is 48.0 Å². The average Bonchev–Trinajstić information content (AvgIpc) is 3.31. The van der Waals surface area contributed by atoms with Gasteiger partial charge in [0.05, 0.1) is 29.5 Å². The Bertz CT molecular complexity index is 2010. The summed E-state index contributed by atoms with van der Waals surface area (Å²) in [4.78, 5) is 35.7. The second kappa shape index (κ2) is 19.5. The summed E-state index contributed by atoms with van der Waals surface area (Å²) in [6, 6.07) is 16.1. The predicted octanol–water partition coefficient (Wildman–Crippen LogP) is 12.2. The number of nitrogens with zero attached hydrogens (tertiary/aromatic N) is 2. The molecular weight excluding hydrogens is 769 g/mol. The average molecular weight is 814 g/mol. The van der Waals surface area contributed by atoms with Crippen LogP contribution in [0.4, 0.5) is 36.8 Å². The summed E-state index contributed by atoms with van der Waals surface area (Å²) in [5.74, 6) is -0.523. The Labute approximate surface area is 332 Å². The fourth-order valence-corrected chi connectivity index (χ4v) is 7.57. The van der Waals surface area contributed by atoms with Crippen molar-refractivity contribution in [1.82, 2.24) is 0 Å². The van der Waals surface area contributed by atoms with Crippen molar-refractivity contribution >= 4 is 51.8 Å². The molecule has 2 atom stereocenters. The van der Waals surface area contributed by atoms with Gasteiger partial charge in [0.15, 0.2) is 5.78 Å². The molecule has 0 radical (unpaired) electrons. The standard InChI is InChI=1S/C43H45F6N3O4S/c1-4-28-13-19-39(55-22-21-42(44,45)46)35(23-28)33-17-20-40(57-26-38(33)53)52-41(54)51-37-18-14-31(24-34(37)27(2)3)36-8-6-5-7-30(25-50-36)10-9-29-11-15-32(16-12-29)56-43(47,48)49/h8,11-16,18-19,23-25,30,33H,2,4-7,9-10,17,20-22,26H2,1,3H3,(H,51,54)/b36-8+,50-25?,52-40-. The molecule has 2 aliphatic rings. The van der Waals surface area contributed by atoms with Crippen LogP contribution in [0.2, 0.25) is 0 Å². The molecule has 2 aliphatic heterocycles. The van der Waals surface area contributed by atoms with Gasteiger partial charge in [-0.1, -0.05) is 49.9 Å². The van der Waals surface area contributed by atoms with E-state index < -0.39 is 37.5 Å². The van der Waals surface area contributed by atoms with E-state index >= 15 is 0 Å². The van der Waals surface area contributed by atoms with Gasteiger partial charge in [0.1, 0.15) is 11.5 Å². The van der Waals surface area contributed by atoms with Crippen molar-refractivity contribution in [2.75, 3.05) is 17.7 Å². The van der Waals surface area contributed by atoms with Crippen LogP contribution in [0.3, 0.4) is 0 Å². The van der Waals surface area contributed by atoms with Gasteiger partial charge in [-0.2, -0.15) is 18.2 Å². The van der Waals surface area contributed by atoms with Gasteiger partial charge in [0, 0.05) is 34.5 Å². The Balaban J connectivity index is 1.23. The highest BCUT2D eigenvalue weighted by Gasteiger charge is 2.32. The van der Waals surface area contributed by atoms with Crippen molar-refractivity contribution in [2.24, 2.45) is 15.9 Å². The molecule has 2 heterocycles. The third-order valence-electron chi connectivity index (χ3n) is 9.66. The molecule has 1 N–H and O–H groups in total. The zero-order chi connectivity index (χ0) is 41.2. The molecule has 0 bridgehead atoms. The normalized spacial score (nSPS) is 19.5.